The molecule has 146 valence electrons. The first-order valence-electron chi connectivity index (χ1n) is 10.0. The molecule has 5 heteroatoms. The molecule has 0 saturated carbocycles. The molecular weight excluding hydrogens is 358 g/mol. The van der Waals surface area contributed by atoms with E-state index in [1.807, 2.05) is 68.4 Å². The summed E-state index contributed by atoms with van der Waals surface area (Å²) in [4.78, 5) is 2.41. The van der Waals surface area contributed by atoms with E-state index in [0.717, 1.165) is 41.4 Å². The predicted octanol–water partition coefficient (Wildman–Crippen LogP) is 7.73. The van der Waals surface area contributed by atoms with E-state index in [9.17, 15) is 0 Å². The number of aryl methyl sites for hydroxylation is 2. The maximum atomic E-state index is 4.37. The molecule has 0 bridgehead atoms. The lowest BCUT2D eigenvalue weighted by Crippen LogP contribution is -2.17. The molecule has 1 aliphatic heterocycles. The Kier molecular flexibility index (Phi) is 5.75. The summed E-state index contributed by atoms with van der Waals surface area (Å²) in [6.07, 6.45) is 2.56. The molecule has 4 rings (SSSR count). The summed E-state index contributed by atoms with van der Waals surface area (Å²) < 4.78 is 0. The van der Waals surface area contributed by atoms with Crippen molar-refractivity contribution in [3.63, 3.8) is 0 Å². The fourth-order valence-electron chi connectivity index (χ4n) is 3.44. The van der Waals surface area contributed by atoms with Gasteiger partial charge in [0.05, 0.1) is 22.7 Å². The van der Waals surface area contributed by atoms with Crippen LogP contribution in [0.2, 0.25) is 0 Å². The number of anilines is 1. The van der Waals surface area contributed by atoms with E-state index >= 15 is 0 Å². The van der Waals surface area contributed by atoms with Gasteiger partial charge in [-0.05, 0) is 92.4 Å². The maximum absolute atomic E-state index is 4.37. The van der Waals surface area contributed by atoms with Crippen LogP contribution in [-0.2, 0) is 0 Å². The van der Waals surface area contributed by atoms with Crippen LogP contribution in [0.3, 0.4) is 0 Å². The third kappa shape index (κ3) is 4.93. The molecule has 0 amide bonds. The first-order chi connectivity index (χ1) is 14.2. The van der Waals surface area contributed by atoms with Gasteiger partial charge in [0, 0.05) is 18.8 Å². The van der Waals surface area contributed by atoms with Crippen molar-refractivity contribution in [3.05, 3.63) is 77.9 Å². The van der Waals surface area contributed by atoms with Gasteiger partial charge in [0.25, 0.3) is 0 Å². The fraction of sp³-hybridized carbons (Fsp3) is 0.250. The van der Waals surface area contributed by atoms with Gasteiger partial charge in [0.15, 0.2) is 0 Å². The van der Waals surface area contributed by atoms with Crippen molar-refractivity contribution >= 4 is 28.4 Å². The molecule has 3 aromatic rings. The average molecular weight is 383 g/mol. The molecule has 0 aliphatic carbocycles. The predicted molar refractivity (Wildman–Crippen MR) is 119 cm³/mol. The minimum Gasteiger partial charge on any atom is -0.372 e. The summed E-state index contributed by atoms with van der Waals surface area (Å²) in [7, 11) is 0. The Morgan fingerprint density at radius 1 is 0.655 bits per heavy atom. The molecule has 5 nitrogen and oxygen atoms in total. The zero-order valence-electron chi connectivity index (χ0n) is 16.9. The van der Waals surface area contributed by atoms with Gasteiger partial charge in [-0.25, -0.2) is 0 Å². The number of nitrogens with zero attached hydrogens (tertiary/aromatic N) is 5. The number of hydrogen-bond donors (Lipinski definition) is 0. The van der Waals surface area contributed by atoms with Crippen molar-refractivity contribution in [2.75, 3.05) is 18.0 Å². The summed E-state index contributed by atoms with van der Waals surface area (Å²) in [5.41, 5.74) is 6.80. The van der Waals surface area contributed by atoms with Gasteiger partial charge < -0.3 is 4.90 Å². The number of hydrogen-bond acceptors (Lipinski definition) is 5. The van der Waals surface area contributed by atoms with E-state index in [1.165, 1.54) is 24.1 Å². The lowest BCUT2D eigenvalue weighted by molar-refractivity contribution is 0.949. The van der Waals surface area contributed by atoms with E-state index in [1.54, 1.807) is 0 Å². The second kappa shape index (κ2) is 8.78. The van der Waals surface area contributed by atoms with Crippen LogP contribution in [0.15, 0.2) is 87.2 Å². The molecule has 0 unspecified atom stereocenters. The molecule has 0 atom stereocenters. The highest BCUT2D eigenvalue weighted by molar-refractivity contribution is 5.55. The summed E-state index contributed by atoms with van der Waals surface area (Å²) in [6, 6.07) is 22.1. The van der Waals surface area contributed by atoms with Gasteiger partial charge >= 0.3 is 0 Å². The molecule has 1 fully saturated rings. The van der Waals surface area contributed by atoms with Gasteiger partial charge in [0.2, 0.25) is 0 Å². The minimum atomic E-state index is 0.806. The third-order valence-corrected chi connectivity index (χ3v) is 5.06. The van der Waals surface area contributed by atoms with Crippen molar-refractivity contribution in [2.45, 2.75) is 26.7 Å². The lowest BCUT2D eigenvalue weighted by Gasteiger charge is -2.17. The molecular formula is C24H25N5. The first-order valence-corrected chi connectivity index (χ1v) is 10.0. The smallest absolute Gasteiger partial charge is 0.0887 e. The van der Waals surface area contributed by atoms with Crippen molar-refractivity contribution in [1.82, 2.24) is 0 Å². The molecule has 0 aromatic heterocycles. The van der Waals surface area contributed by atoms with E-state index in [2.05, 4.69) is 37.5 Å². The summed E-state index contributed by atoms with van der Waals surface area (Å²) in [6.45, 7) is 6.35. The molecule has 1 aliphatic rings. The Balaban J connectivity index is 1.43. The van der Waals surface area contributed by atoms with Gasteiger partial charge in [-0.3, -0.25) is 0 Å². The van der Waals surface area contributed by atoms with Crippen molar-refractivity contribution < 1.29 is 0 Å². The Morgan fingerprint density at radius 3 is 2.03 bits per heavy atom. The van der Waals surface area contributed by atoms with Crippen LogP contribution in [0.1, 0.15) is 24.0 Å². The van der Waals surface area contributed by atoms with Gasteiger partial charge in [-0.1, -0.05) is 12.1 Å². The monoisotopic (exact) mass is 383 g/mol. The molecule has 1 heterocycles. The van der Waals surface area contributed by atoms with Crippen LogP contribution in [0, 0.1) is 13.8 Å². The van der Waals surface area contributed by atoms with Gasteiger partial charge in [0.1, 0.15) is 0 Å². The fourth-order valence-corrected chi connectivity index (χ4v) is 3.44. The highest BCUT2D eigenvalue weighted by Crippen LogP contribution is 2.28. The summed E-state index contributed by atoms with van der Waals surface area (Å²) >= 11 is 0. The second-order valence-corrected chi connectivity index (χ2v) is 7.42. The molecule has 3 aromatic carbocycles. The zero-order valence-corrected chi connectivity index (χ0v) is 16.9. The molecule has 29 heavy (non-hydrogen) atoms. The first kappa shape index (κ1) is 19.0. The van der Waals surface area contributed by atoms with Crippen LogP contribution in [0.5, 0.6) is 0 Å². The van der Waals surface area contributed by atoms with E-state index in [0.29, 0.717) is 0 Å². The van der Waals surface area contributed by atoms with Crippen LogP contribution in [0.4, 0.5) is 28.4 Å². The number of rotatable bonds is 5. The Labute approximate surface area is 171 Å². The Bertz CT molecular complexity index is 1030. The van der Waals surface area contributed by atoms with Crippen molar-refractivity contribution in [2.24, 2.45) is 20.5 Å². The van der Waals surface area contributed by atoms with Crippen LogP contribution in [0.25, 0.3) is 0 Å². The van der Waals surface area contributed by atoms with Crippen LogP contribution in [-0.4, -0.2) is 13.1 Å². The van der Waals surface area contributed by atoms with E-state index in [4.69, 9.17) is 0 Å². The van der Waals surface area contributed by atoms with Crippen molar-refractivity contribution in [3.8, 4) is 0 Å². The summed E-state index contributed by atoms with van der Waals surface area (Å²) in [5.74, 6) is 0. The molecule has 0 spiro atoms. The highest BCUT2D eigenvalue weighted by Gasteiger charge is 2.11. The minimum absolute atomic E-state index is 0.806. The van der Waals surface area contributed by atoms with Gasteiger partial charge in [-0.15, -0.1) is 0 Å². The number of benzene rings is 3. The molecule has 0 N–H and O–H groups in total. The topological polar surface area (TPSA) is 52.7 Å². The van der Waals surface area contributed by atoms with Gasteiger partial charge in [-0.2, -0.15) is 20.5 Å². The third-order valence-electron chi connectivity index (χ3n) is 5.06. The van der Waals surface area contributed by atoms with E-state index < -0.39 is 0 Å². The Hall–Kier alpha value is -3.34. The maximum Gasteiger partial charge on any atom is 0.0887 e. The van der Waals surface area contributed by atoms with Crippen LogP contribution < -0.4 is 4.90 Å². The largest absolute Gasteiger partial charge is 0.372 e. The second-order valence-electron chi connectivity index (χ2n) is 7.42. The lowest BCUT2D eigenvalue weighted by atomic mass is 10.2. The van der Waals surface area contributed by atoms with Crippen LogP contribution >= 0.6 is 0 Å². The normalized spacial score (nSPS) is 14.3. The SMILES string of the molecule is Cc1cccc(N=Nc2ccc(N=Nc3ccc(N4CCCC4)cc3)cc2C)c1. The summed E-state index contributed by atoms with van der Waals surface area (Å²) in [5, 5.41) is 17.4. The molecule has 0 radical (unpaired) electrons. The zero-order chi connectivity index (χ0) is 20.1. The highest BCUT2D eigenvalue weighted by atomic mass is 15.1. The van der Waals surface area contributed by atoms with E-state index in [-0.39, 0.29) is 0 Å². The average Bonchev–Trinajstić information content (AvgIpc) is 3.27. The van der Waals surface area contributed by atoms with Crippen molar-refractivity contribution in [1.29, 1.82) is 0 Å². The Morgan fingerprint density at radius 2 is 1.31 bits per heavy atom. The molecule has 1 saturated heterocycles. The number of azo groups is 2. The standard InChI is InChI=1S/C24H25N5/c1-18-6-5-7-21(16-18)27-28-24-13-10-22(17-19(24)2)26-25-20-8-11-23(12-9-20)29-14-3-4-15-29/h5-13,16-17H,3-4,14-15H2,1-2H3. The quantitative estimate of drug-likeness (QED) is 0.416.